The van der Waals surface area contributed by atoms with Crippen molar-refractivity contribution in [3.05, 3.63) is 40.6 Å². The second-order valence-corrected chi connectivity index (χ2v) is 8.86. The molecular weight excluding hydrogens is 350 g/mol. The minimum atomic E-state index is -3.10. The molecule has 0 saturated heterocycles. The van der Waals surface area contributed by atoms with Crippen molar-refractivity contribution in [3.8, 4) is 0 Å². The zero-order chi connectivity index (χ0) is 15.6. The molecule has 5 heteroatoms. The Balaban J connectivity index is 2.93. The van der Waals surface area contributed by atoms with Gasteiger partial charge in [-0.15, -0.1) is 0 Å². The van der Waals surface area contributed by atoms with E-state index in [0.717, 1.165) is 19.3 Å². The number of hydrogen-bond acceptors (Lipinski definition) is 3. The van der Waals surface area contributed by atoms with E-state index < -0.39 is 7.60 Å². The Kier molecular flexibility index (Phi) is 9.22. The molecule has 0 aliphatic rings. The van der Waals surface area contributed by atoms with Crippen LogP contribution in [0.4, 0.5) is 0 Å². The average Bonchev–Trinajstić information content (AvgIpc) is 2.46. The molecule has 0 radical (unpaired) electrons. The van der Waals surface area contributed by atoms with Crippen LogP contribution in [-0.2, 0) is 13.6 Å². The molecule has 0 aliphatic carbocycles. The normalized spacial score (nSPS) is 12.6. The second-order valence-electron chi connectivity index (χ2n) is 4.49. The molecule has 0 N–H and O–H groups in total. The van der Waals surface area contributed by atoms with Gasteiger partial charge in [0.2, 0.25) is 0 Å². The van der Waals surface area contributed by atoms with Crippen LogP contribution in [0.15, 0.2) is 40.6 Å². The summed E-state index contributed by atoms with van der Waals surface area (Å²) in [6.07, 6.45) is 3.17. The van der Waals surface area contributed by atoms with Crippen molar-refractivity contribution in [2.24, 2.45) is 0 Å². The molecule has 21 heavy (non-hydrogen) atoms. The summed E-state index contributed by atoms with van der Waals surface area (Å²) in [4.78, 5) is 0. The molecule has 0 fully saturated rings. The van der Waals surface area contributed by atoms with Gasteiger partial charge in [-0.05, 0) is 0 Å². The summed E-state index contributed by atoms with van der Waals surface area (Å²) in [6, 6.07) is 10.3. The maximum absolute atomic E-state index is 12.7. The molecule has 0 spiro atoms. The topological polar surface area (TPSA) is 35.5 Å². The van der Waals surface area contributed by atoms with Gasteiger partial charge in [0, 0.05) is 0 Å². The molecule has 0 heterocycles. The fourth-order valence-corrected chi connectivity index (χ4v) is 6.17. The molecule has 1 aromatic carbocycles. The van der Waals surface area contributed by atoms with Crippen LogP contribution in [-0.4, -0.2) is 28.2 Å². The van der Waals surface area contributed by atoms with Crippen LogP contribution in [0.2, 0.25) is 0 Å². The molecule has 0 atom stereocenters. The Morgan fingerprint density at radius 3 is 2.29 bits per heavy atom. The maximum atomic E-state index is 12.7. The van der Waals surface area contributed by atoms with Crippen LogP contribution in [0, 0.1) is 0 Å². The minimum absolute atomic E-state index is 0.167. The summed E-state index contributed by atoms with van der Waals surface area (Å²) < 4.78 is 25.9. The fourth-order valence-electron chi connectivity index (χ4n) is 1.78. The third kappa shape index (κ3) is 7.44. The molecule has 0 saturated carbocycles. The van der Waals surface area contributed by atoms with E-state index in [1.54, 1.807) is 5.82 Å². The number of hydrogen-bond donors (Lipinski definition) is 0. The van der Waals surface area contributed by atoms with Crippen molar-refractivity contribution < 1.29 is 13.6 Å². The summed E-state index contributed by atoms with van der Waals surface area (Å²) in [5.74, 6) is 1.77. The van der Waals surface area contributed by atoms with Gasteiger partial charge < -0.3 is 0 Å². The third-order valence-corrected chi connectivity index (χ3v) is 7.24. The van der Waals surface area contributed by atoms with E-state index in [1.165, 1.54) is 8.93 Å². The van der Waals surface area contributed by atoms with Gasteiger partial charge in [0.1, 0.15) is 0 Å². The molecule has 0 amide bonds. The number of benzene rings is 1. The molecule has 3 nitrogen and oxygen atoms in total. The Hall–Kier alpha value is -0.371. The number of allylic oxidation sites excluding steroid dienone is 1. The van der Waals surface area contributed by atoms with E-state index in [-0.39, 0.29) is 15.0 Å². The van der Waals surface area contributed by atoms with Gasteiger partial charge in [-0.25, -0.2) is 0 Å². The van der Waals surface area contributed by atoms with E-state index in [1.807, 2.05) is 32.0 Å². The standard InChI is InChI=1S/C16H25O3PSe/c1-4-7-11-16(21-15-12-9-8-10-13-15)14-20(17,18-5-2)19-6-3/h8-10,12-14H,4-7,11H2,1-3H3/b16-14-. The van der Waals surface area contributed by atoms with E-state index >= 15 is 0 Å². The SMILES string of the molecule is CCCC/C(=C/P(=O)(OCC)OCC)[Se]c1ccccc1. The predicted octanol–water partition coefficient (Wildman–Crippen LogP) is 4.31. The van der Waals surface area contributed by atoms with Crippen LogP contribution >= 0.6 is 7.60 Å². The summed E-state index contributed by atoms with van der Waals surface area (Å²) >= 11 is 0.167. The first-order valence-electron chi connectivity index (χ1n) is 7.47. The number of unbranched alkanes of at least 4 members (excludes halogenated alkanes) is 1. The molecule has 1 aromatic rings. The molecule has 1 rings (SSSR count). The Morgan fingerprint density at radius 1 is 1.14 bits per heavy atom. The quantitative estimate of drug-likeness (QED) is 0.452. The predicted molar refractivity (Wildman–Crippen MR) is 90.3 cm³/mol. The van der Waals surface area contributed by atoms with Crippen molar-refractivity contribution in [1.29, 1.82) is 0 Å². The van der Waals surface area contributed by atoms with Crippen LogP contribution < -0.4 is 4.46 Å². The summed E-state index contributed by atoms with van der Waals surface area (Å²) in [5, 5.41) is 0. The first kappa shape index (κ1) is 18.7. The molecular formula is C16H25O3PSe. The Morgan fingerprint density at radius 2 is 1.76 bits per heavy atom. The van der Waals surface area contributed by atoms with Gasteiger partial charge in [-0.1, -0.05) is 0 Å². The second kappa shape index (κ2) is 10.4. The molecule has 118 valence electrons. The van der Waals surface area contributed by atoms with E-state index in [4.69, 9.17) is 9.05 Å². The van der Waals surface area contributed by atoms with E-state index in [2.05, 4.69) is 19.1 Å². The van der Waals surface area contributed by atoms with Crippen LogP contribution in [0.25, 0.3) is 0 Å². The van der Waals surface area contributed by atoms with Crippen molar-refractivity contribution in [1.82, 2.24) is 0 Å². The Bertz CT molecular complexity index is 464. The molecule has 0 aromatic heterocycles. The summed E-state index contributed by atoms with van der Waals surface area (Å²) in [7, 11) is -3.10. The van der Waals surface area contributed by atoms with Crippen LogP contribution in [0.5, 0.6) is 0 Å². The monoisotopic (exact) mass is 376 g/mol. The molecule has 0 bridgehead atoms. The van der Waals surface area contributed by atoms with E-state index in [0.29, 0.717) is 13.2 Å². The van der Waals surface area contributed by atoms with Gasteiger partial charge in [-0.2, -0.15) is 0 Å². The van der Waals surface area contributed by atoms with Gasteiger partial charge in [-0.3, -0.25) is 0 Å². The fraction of sp³-hybridized carbons (Fsp3) is 0.500. The van der Waals surface area contributed by atoms with Crippen molar-refractivity contribution in [3.63, 3.8) is 0 Å². The first-order valence-corrected chi connectivity index (χ1v) is 10.8. The van der Waals surface area contributed by atoms with E-state index in [9.17, 15) is 4.57 Å². The van der Waals surface area contributed by atoms with Crippen molar-refractivity contribution >= 4 is 27.0 Å². The molecule has 0 unspecified atom stereocenters. The van der Waals surface area contributed by atoms with Crippen LogP contribution in [0.1, 0.15) is 40.0 Å². The van der Waals surface area contributed by atoms with Gasteiger partial charge >= 0.3 is 134 Å². The first-order chi connectivity index (χ1) is 10.1. The zero-order valence-electron chi connectivity index (χ0n) is 13.1. The summed E-state index contributed by atoms with van der Waals surface area (Å²) in [6.45, 7) is 6.64. The van der Waals surface area contributed by atoms with Gasteiger partial charge in [0.05, 0.1) is 0 Å². The zero-order valence-corrected chi connectivity index (χ0v) is 15.7. The van der Waals surface area contributed by atoms with Crippen molar-refractivity contribution in [2.45, 2.75) is 40.0 Å². The van der Waals surface area contributed by atoms with Crippen molar-refractivity contribution in [2.75, 3.05) is 13.2 Å². The van der Waals surface area contributed by atoms with Crippen LogP contribution in [0.3, 0.4) is 0 Å². The van der Waals surface area contributed by atoms with Gasteiger partial charge in [0.15, 0.2) is 0 Å². The van der Waals surface area contributed by atoms with Gasteiger partial charge in [0.25, 0.3) is 0 Å². The Labute approximate surface area is 134 Å². The average molecular weight is 375 g/mol. The summed E-state index contributed by atoms with van der Waals surface area (Å²) in [5.41, 5.74) is 0. The third-order valence-electron chi connectivity index (χ3n) is 2.69. The number of rotatable bonds is 10. The molecule has 0 aliphatic heterocycles.